The van der Waals surface area contributed by atoms with Crippen LogP contribution in [0.15, 0.2) is 24.3 Å². The minimum atomic E-state index is -3.41. The third-order valence-electron chi connectivity index (χ3n) is 3.90. The van der Waals surface area contributed by atoms with Gasteiger partial charge in [-0.2, -0.15) is 0 Å². The van der Waals surface area contributed by atoms with Crippen molar-refractivity contribution in [2.75, 3.05) is 26.0 Å². The molecular formula is C16H23ClN2O4S. The number of carbonyl (C=O) groups is 1. The largest absolute Gasteiger partial charge is 0.492 e. The first-order chi connectivity index (χ1) is 11.3. The third-order valence-corrected chi connectivity index (χ3v) is 5.00. The van der Waals surface area contributed by atoms with E-state index < -0.39 is 16.1 Å². The Balaban J connectivity index is 1.89. The molecule has 0 aliphatic carbocycles. The molecule has 8 heteroatoms. The normalized spacial score (nSPS) is 19.8. The van der Waals surface area contributed by atoms with E-state index in [1.165, 1.54) is 0 Å². The Morgan fingerprint density at radius 1 is 1.46 bits per heavy atom. The summed E-state index contributed by atoms with van der Waals surface area (Å²) in [5.74, 6) is 0.627. The number of para-hydroxylation sites is 1. The number of piperidine rings is 1. The summed E-state index contributed by atoms with van der Waals surface area (Å²) in [5, 5.41) is 0.562. The van der Waals surface area contributed by atoms with Gasteiger partial charge >= 0.3 is 0 Å². The molecule has 1 amide bonds. The summed E-state index contributed by atoms with van der Waals surface area (Å²) >= 11 is 6.07. The van der Waals surface area contributed by atoms with Gasteiger partial charge in [0, 0.05) is 19.0 Å². The smallest absolute Gasteiger partial charge is 0.240 e. The van der Waals surface area contributed by atoms with Crippen molar-refractivity contribution in [3.63, 3.8) is 0 Å². The predicted molar refractivity (Wildman–Crippen MR) is 93.7 cm³/mol. The number of nitrogens with zero attached hydrogens (tertiary/aromatic N) is 1. The molecule has 2 atom stereocenters. The molecule has 24 heavy (non-hydrogen) atoms. The summed E-state index contributed by atoms with van der Waals surface area (Å²) in [6.45, 7) is 3.23. The zero-order chi connectivity index (χ0) is 17.7. The van der Waals surface area contributed by atoms with Crippen molar-refractivity contribution < 1.29 is 17.9 Å². The lowest BCUT2D eigenvalue weighted by Gasteiger charge is -2.34. The number of sulfonamides is 1. The van der Waals surface area contributed by atoms with E-state index in [4.69, 9.17) is 16.3 Å². The first-order valence-electron chi connectivity index (χ1n) is 7.89. The average Bonchev–Trinajstić information content (AvgIpc) is 2.52. The molecular weight excluding hydrogens is 352 g/mol. The van der Waals surface area contributed by atoms with Crippen LogP contribution in [0.4, 0.5) is 0 Å². The molecule has 0 spiro atoms. The fraction of sp³-hybridized carbons (Fsp3) is 0.562. The molecule has 1 aliphatic heterocycles. The monoisotopic (exact) mass is 374 g/mol. The molecule has 6 nitrogen and oxygen atoms in total. The molecule has 134 valence electrons. The Hall–Kier alpha value is -1.31. The number of amides is 1. The first-order valence-corrected chi connectivity index (χ1v) is 10.2. The van der Waals surface area contributed by atoms with Crippen LogP contribution in [-0.4, -0.2) is 51.2 Å². The second-order valence-electron chi connectivity index (χ2n) is 6.15. The van der Waals surface area contributed by atoms with E-state index in [0.29, 0.717) is 30.5 Å². The predicted octanol–water partition coefficient (Wildman–Crippen LogP) is 1.90. The molecule has 2 unspecified atom stereocenters. The van der Waals surface area contributed by atoms with Crippen LogP contribution in [0.1, 0.15) is 19.8 Å². The minimum absolute atomic E-state index is 0.199. The number of hydrogen-bond acceptors (Lipinski definition) is 4. The van der Waals surface area contributed by atoms with Crippen molar-refractivity contribution in [2.45, 2.75) is 25.8 Å². The van der Waals surface area contributed by atoms with Crippen molar-refractivity contribution in [1.29, 1.82) is 0 Å². The van der Waals surface area contributed by atoms with Crippen LogP contribution in [0.5, 0.6) is 5.75 Å². The van der Waals surface area contributed by atoms with Gasteiger partial charge in [-0.1, -0.05) is 23.7 Å². The number of halogens is 1. The van der Waals surface area contributed by atoms with Gasteiger partial charge in [-0.25, -0.2) is 13.1 Å². The summed E-state index contributed by atoms with van der Waals surface area (Å²) in [7, 11) is -3.41. The number of likely N-dealkylation sites (tertiary alicyclic amines) is 1. The molecule has 0 bridgehead atoms. The molecule has 2 rings (SSSR count). The average molecular weight is 375 g/mol. The molecule has 1 N–H and O–H groups in total. The highest BCUT2D eigenvalue weighted by atomic mass is 35.5. The van der Waals surface area contributed by atoms with Crippen molar-refractivity contribution in [2.24, 2.45) is 5.92 Å². The number of hydrogen-bond donors (Lipinski definition) is 1. The maximum absolute atomic E-state index is 12.4. The van der Waals surface area contributed by atoms with E-state index in [1.807, 2.05) is 18.2 Å². The molecule has 1 aromatic carbocycles. The highest BCUT2D eigenvalue weighted by Crippen LogP contribution is 2.25. The summed E-state index contributed by atoms with van der Waals surface area (Å²) in [4.78, 5) is 14.1. The topological polar surface area (TPSA) is 75.7 Å². The van der Waals surface area contributed by atoms with Crippen LogP contribution in [0.2, 0.25) is 5.02 Å². The minimum Gasteiger partial charge on any atom is -0.492 e. The van der Waals surface area contributed by atoms with Gasteiger partial charge in [-0.15, -0.1) is 0 Å². The Bertz CT molecular complexity index is 680. The Labute approximate surface area is 148 Å². The van der Waals surface area contributed by atoms with Crippen LogP contribution in [-0.2, 0) is 14.8 Å². The summed E-state index contributed by atoms with van der Waals surface area (Å²) in [6.07, 6.45) is 2.88. The van der Waals surface area contributed by atoms with E-state index in [-0.39, 0.29) is 11.8 Å². The van der Waals surface area contributed by atoms with Crippen LogP contribution in [0.25, 0.3) is 0 Å². The van der Waals surface area contributed by atoms with Crippen molar-refractivity contribution in [3.05, 3.63) is 29.3 Å². The zero-order valence-corrected chi connectivity index (χ0v) is 15.4. The molecule has 1 aromatic rings. The van der Waals surface area contributed by atoms with Crippen molar-refractivity contribution >= 4 is 27.5 Å². The molecule has 0 aromatic heterocycles. The summed E-state index contributed by atoms with van der Waals surface area (Å²) in [6, 6.07) is 6.52. The Morgan fingerprint density at radius 2 is 2.17 bits per heavy atom. The molecule has 1 fully saturated rings. The quantitative estimate of drug-likeness (QED) is 0.825. The fourth-order valence-electron chi connectivity index (χ4n) is 2.82. The lowest BCUT2D eigenvalue weighted by Crippen LogP contribution is -2.50. The zero-order valence-electron chi connectivity index (χ0n) is 13.9. The van der Waals surface area contributed by atoms with Gasteiger partial charge in [-0.3, -0.25) is 4.79 Å². The van der Waals surface area contributed by atoms with Gasteiger partial charge in [0.2, 0.25) is 15.9 Å². The molecule has 0 saturated carbocycles. The second kappa shape index (κ2) is 8.18. The third kappa shape index (κ3) is 5.65. The van der Waals surface area contributed by atoms with E-state index >= 15 is 0 Å². The van der Waals surface area contributed by atoms with Gasteiger partial charge in [0.15, 0.2) is 0 Å². The highest BCUT2D eigenvalue weighted by Gasteiger charge is 2.28. The SMILES string of the molecule is CC(NS(C)(=O)=O)C(=O)N1CCCC(COc2ccccc2Cl)C1. The van der Waals surface area contributed by atoms with Gasteiger partial charge in [0.25, 0.3) is 0 Å². The van der Waals surface area contributed by atoms with E-state index in [9.17, 15) is 13.2 Å². The molecule has 0 radical (unpaired) electrons. The summed E-state index contributed by atoms with van der Waals surface area (Å²) < 4.78 is 30.6. The first kappa shape index (κ1) is 19.0. The van der Waals surface area contributed by atoms with Crippen molar-refractivity contribution in [1.82, 2.24) is 9.62 Å². The number of benzene rings is 1. The number of ether oxygens (including phenoxy) is 1. The van der Waals surface area contributed by atoms with E-state index in [2.05, 4.69) is 4.72 Å². The van der Waals surface area contributed by atoms with E-state index in [0.717, 1.165) is 19.1 Å². The fourth-order valence-corrected chi connectivity index (χ4v) is 3.75. The standard InChI is InChI=1S/C16H23ClN2O4S/c1-12(18-24(2,21)22)16(20)19-9-5-6-13(10-19)11-23-15-8-4-3-7-14(15)17/h3-4,7-8,12-13,18H,5-6,9-11H2,1-2H3. The maximum atomic E-state index is 12.4. The van der Waals surface area contributed by atoms with Crippen LogP contribution in [0.3, 0.4) is 0 Å². The van der Waals surface area contributed by atoms with Crippen LogP contribution >= 0.6 is 11.6 Å². The number of nitrogens with one attached hydrogen (secondary N) is 1. The highest BCUT2D eigenvalue weighted by molar-refractivity contribution is 7.88. The maximum Gasteiger partial charge on any atom is 0.240 e. The lowest BCUT2D eigenvalue weighted by molar-refractivity contribution is -0.134. The van der Waals surface area contributed by atoms with E-state index in [1.54, 1.807) is 17.9 Å². The number of rotatable bonds is 6. The Kier molecular flexibility index (Phi) is 6.48. The van der Waals surface area contributed by atoms with Gasteiger partial charge in [0.1, 0.15) is 5.75 Å². The van der Waals surface area contributed by atoms with Crippen LogP contribution < -0.4 is 9.46 Å². The molecule has 1 saturated heterocycles. The van der Waals surface area contributed by atoms with Gasteiger partial charge in [0.05, 0.1) is 23.9 Å². The van der Waals surface area contributed by atoms with Gasteiger partial charge < -0.3 is 9.64 Å². The Morgan fingerprint density at radius 3 is 2.83 bits per heavy atom. The second-order valence-corrected chi connectivity index (χ2v) is 8.33. The lowest BCUT2D eigenvalue weighted by atomic mass is 9.98. The number of carbonyl (C=O) groups excluding carboxylic acids is 1. The molecule has 1 heterocycles. The summed E-state index contributed by atoms with van der Waals surface area (Å²) in [5.41, 5.74) is 0. The van der Waals surface area contributed by atoms with Gasteiger partial charge in [-0.05, 0) is 31.9 Å². The van der Waals surface area contributed by atoms with Crippen molar-refractivity contribution in [3.8, 4) is 5.75 Å². The molecule has 1 aliphatic rings. The van der Waals surface area contributed by atoms with Crippen LogP contribution in [0, 0.1) is 5.92 Å².